The van der Waals surface area contributed by atoms with E-state index in [0.29, 0.717) is 12.0 Å². The van der Waals surface area contributed by atoms with Crippen LogP contribution >= 0.6 is 0 Å². The molecule has 128 valence electrons. The predicted molar refractivity (Wildman–Crippen MR) is 82.1 cm³/mol. The molecule has 1 aliphatic heterocycles. The summed E-state index contributed by atoms with van der Waals surface area (Å²) in [5.74, 6) is -0.871. The molecule has 4 aliphatic rings. The van der Waals surface area contributed by atoms with Gasteiger partial charge in [-0.2, -0.15) is 0 Å². The van der Waals surface area contributed by atoms with E-state index in [1.54, 1.807) is 31.2 Å². The third kappa shape index (κ3) is 1.66. The number of esters is 1. The number of methoxy groups -OCH3 is 1. The van der Waals surface area contributed by atoms with E-state index in [4.69, 9.17) is 14.2 Å². The van der Waals surface area contributed by atoms with Crippen molar-refractivity contribution in [1.82, 2.24) is 0 Å². The second kappa shape index (κ2) is 4.88. The van der Waals surface area contributed by atoms with Crippen LogP contribution in [0.25, 0.3) is 0 Å². The van der Waals surface area contributed by atoms with E-state index < -0.39 is 34.8 Å². The molecular formula is C18H20O6. The number of aliphatic hydroxyl groups is 1. The van der Waals surface area contributed by atoms with Crippen LogP contribution in [0.3, 0.4) is 0 Å². The van der Waals surface area contributed by atoms with E-state index in [1.165, 1.54) is 7.11 Å². The summed E-state index contributed by atoms with van der Waals surface area (Å²) in [5.41, 5.74) is -2.84. The largest absolute Gasteiger partial charge is 0.461 e. The summed E-state index contributed by atoms with van der Waals surface area (Å²) in [6.07, 6.45) is -0.297. The lowest BCUT2D eigenvalue weighted by molar-refractivity contribution is -0.265. The molecule has 6 nitrogen and oxygen atoms in total. The minimum Gasteiger partial charge on any atom is -0.461 e. The summed E-state index contributed by atoms with van der Waals surface area (Å²) < 4.78 is 16.8. The smallest absolute Gasteiger partial charge is 0.338 e. The van der Waals surface area contributed by atoms with Gasteiger partial charge < -0.3 is 19.3 Å². The maximum atomic E-state index is 12.4. The summed E-state index contributed by atoms with van der Waals surface area (Å²) >= 11 is 0. The number of ether oxygens (including phenoxy) is 3. The third-order valence-electron chi connectivity index (χ3n) is 6.12. The highest BCUT2D eigenvalue weighted by Crippen LogP contribution is 2.72. The summed E-state index contributed by atoms with van der Waals surface area (Å²) in [6.45, 7) is 1.62. The number of carbonyl (C=O) groups excluding carboxylic acids is 2. The van der Waals surface area contributed by atoms with Crippen LogP contribution in [-0.2, 0) is 19.0 Å². The Bertz CT molecular complexity index is 703. The van der Waals surface area contributed by atoms with Gasteiger partial charge in [0.05, 0.1) is 11.0 Å². The molecule has 24 heavy (non-hydrogen) atoms. The molecule has 4 bridgehead atoms. The maximum Gasteiger partial charge on any atom is 0.338 e. The van der Waals surface area contributed by atoms with Gasteiger partial charge in [-0.1, -0.05) is 18.2 Å². The molecule has 1 heterocycles. The van der Waals surface area contributed by atoms with Gasteiger partial charge in [0.15, 0.2) is 6.29 Å². The van der Waals surface area contributed by atoms with Crippen LogP contribution in [0.1, 0.15) is 30.1 Å². The lowest BCUT2D eigenvalue weighted by Crippen LogP contribution is -2.77. The molecule has 0 amide bonds. The molecule has 6 heteroatoms. The number of fused-ring (bicyclic) bond motifs is 1. The SMILES string of the molecule is CO[C@H]1O[C@@]2(C)CC(=O)[C@H]3C[C@]2(O)[C@@]13COC(=O)c1ccccc1. The van der Waals surface area contributed by atoms with E-state index in [9.17, 15) is 14.7 Å². The normalized spacial score (nSPS) is 42.5. The Hall–Kier alpha value is -1.76. The topological polar surface area (TPSA) is 82.1 Å². The van der Waals surface area contributed by atoms with Crippen LogP contribution < -0.4 is 0 Å². The lowest BCUT2D eigenvalue weighted by Gasteiger charge is -2.63. The molecule has 5 rings (SSSR count). The first-order chi connectivity index (χ1) is 11.4. The Kier molecular flexibility index (Phi) is 3.20. The number of hydrogen-bond donors (Lipinski definition) is 1. The van der Waals surface area contributed by atoms with Gasteiger partial charge in [-0.05, 0) is 25.5 Å². The highest BCUT2D eigenvalue weighted by atomic mass is 16.7. The van der Waals surface area contributed by atoms with Gasteiger partial charge in [0, 0.05) is 19.4 Å². The van der Waals surface area contributed by atoms with Gasteiger partial charge in [0.25, 0.3) is 0 Å². The summed E-state index contributed by atoms with van der Waals surface area (Å²) in [7, 11) is 1.47. The van der Waals surface area contributed by atoms with Crippen LogP contribution in [-0.4, -0.2) is 48.1 Å². The zero-order valence-electron chi connectivity index (χ0n) is 13.7. The van der Waals surface area contributed by atoms with Crippen LogP contribution in [0, 0.1) is 11.3 Å². The first kappa shape index (κ1) is 15.7. The van der Waals surface area contributed by atoms with Gasteiger partial charge in [-0.25, -0.2) is 4.79 Å². The van der Waals surface area contributed by atoms with Gasteiger partial charge in [-0.15, -0.1) is 0 Å². The maximum absolute atomic E-state index is 12.4. The fraction of sp³-hybridized carbons (Fsp3) is 0.556. The quantitative estimate of drug-likeness (QED) is 0.838. The molecule has 1 saturated heterocycles. The molecule has 0 radical (unpaired) electrons. The Morgan fingerprint density at radius 1 is 1.38 bits per heavy atom. The zero-order valence-corrected chi connectivity index (χ0v) is 13.7. The molecule has 0 unspecified atom stereocenters. The molecule has 1 aromatic rings. The monoisotopic (exact) mass is 332 g/mol. The predicted octanol–water partition coefficient (Wildman–Crippen LogP) is 1.31. The lowest BCUT2D eigenvalue weighted by atomic mass is 9.41. The van der Waals surface area contributed by atoms with Crippen molar-refractivity contribution in [2.45, 2.75) is 37.3 Å². The Morgan fingerprint density at radius 3 is 2.75 bits per heavy atom. The summed E-state index contributed by atoms with van der Waals surface area (Å²) in [5, 5.41) is 11.2. The number of ketones is 1. The average molecular weight is 332 g/mol. The molecule has 0 spiro atoms. The molecule has 0 aromatic heterocycles. The van der Waals surface area contributed by atoms with Gasteiger partial charge in [0.1, 0.15) is 23.6 Å². The van der Waals surface area contributed by atoms with Crippen molar-refractivity contribution in [2.75, 3.05) is 13.7 Å². The zero-order chi connectivity index (χ0) is 17.2. The van der Waals surface area contributed by atoms with Crippen molar-refractivity contribution in [3.8, 4) is 0 Å². The van der Waals surface area contributed by atoms with Gasteiger partial charge in [0.2, 0.25) is 0 Å². The van der Waals surface area contributed by atoms with Crippen molar-refractivity contribution in [1.29, 1.82) is 0 Å². The van der Waals surface area contributed by atoms with Crippen molar-refractivity contribution in [3.63, 3.8) is 0 Å². The van der Waals surface area contributed by atoms with E-state index in [2.05, 4.69) is 0 Å². The van der Waals surface area contributed by atoms with Crippen molar-refractivity contribution < 1.29 is 28.9 Å². The Labute approximate surface area is 139 Å². The fourth-order valence-corrected chi connectivity index (χ4v) is 4.76. The molecule has 5 atom stereocenters. The molecule has 1 N–H and O–H groups in total. The van der Waals surface area contributed by atoms with Crippen molar-refractivity contribution in [3.05, 3.63) is 35.9 Å². The van der Waals surface area contributed by atoms with Crippen molar-refractivity contribution >= 4 is 11.8 Å². The number of benzene rings is 1. The van der Waals surface area contributed by atoms with E-state index in [1.807, 2.05) is 6.07 Å². The number of rotatable bonds is 4. The van der Waals surface area contributed by atoms with Crippen LogP contribution in [0.15, 0.2) is 30.3 Å². The highest BCUT2D eigenvalue weighted by Gasteiger charge is 2.85. The second-order valence-corrected chi connectivity index (χ2v) is 7.16. The molecule has 4 fully saturated rings. The molecule has 3 aliphatic carbocycles. The van der Waals surface area contributed by atoms with E-state index in [0.717, 1.165) is 0 Å². The fourth-order valence-electron chi connectivity index (χ4n) is 4.76. The van der Waals surface area contributed by atoms with Crippen LogP contribution in [0.2, 0.25) is 0 Å². The standard InChI is InChI=1S/C18H20O6/c1-16-9-13(19)12-8-18(16,21)17(12,15(22-2)24-16)10-23-14(20)11-6-4-3-5-7-11/h3-7,12,15,21H,8-10H2,1-2H3/t12-,15+,16+,17-,18-/m1/s1. The minimum absolute atomic E-state index is 0.0312. The highest BCUT2D eigenvalue weighted by molar-refractivity contribution is 5.90. The van der Waals surface area contributed by atoms with Gasteiger partial charge in [-0.3, -0.25) is 4.79 Å². The molecule has 3 saturated carbocycles. The number of hydrogen-bond acceptors (Lipinski definition) is 6. The van der Waals surface area contributed by atoms with Crippen molar-refractivity contribution in [2.24, 2.45) is 11.3 Å². The first-order valence-electron chi connectivity index (χ1n) is 8.06. The summed E-state index contributed by atoms with van der Waals surface area (Å²) in [6, 6.07) is 8.62. The molecule has 1 aromatic carbocycles. The van der Waals surface area contributed by atoms with Crippen LogP contribution in [0.5, 0.6) is 0 Å². The number of carbonyl (C=O) groups is 2. The first-order valence-corrected chi connectivity index (χ1v) is 8.06. The number of Topliss-reactive ketones (excluding diaryl/α,β-unsaturated/α-hetero) is 1. The van der Waals surface area contributed by atoms with E-state index in [-0.39, 0.29) is 18.8 Å². The minimum atomic E-state index is -1.23. The Morgan fingerprint density at radius 2 is 2.08 bits per heavy atom. The van der Waals surface area contributed by atoms with Gasteiger partial charge >= 0.3 is 5.97 Å². The second-order valence-electron chi connectivity index (χ2n) is 7.16. The average Bonchev–Trinajstić information content (AvgIpc) is 2.64. The van der Waals surface area contributed by atoms with Crippen LogP contribution in [0.4, 0.5) is 0 Å². The Balaban J connectivity index is 1.63. The third-order valence-corrected chi connectivity index (χ3v) is 6.12. The molecular weight excluding hydrogens is 312 g/mol. The summed E-state index contributed by atoms with van der Waals surface area (Å²) in [4.78, 5) is 24.7. The van der Waals surface area contributed by atoms with E-state index >= 15 is 0 Å².